The number of carbonyl (C=O) groups excluding carboxylic acids is 2. The maximum Gasteiger partial charge on any atom is 0.166 e. The van der Waals surface area contributed by atoms with Crippen LogP contribution in [0.1, 0.15) is 91.6 Å². The fraction of sp³-hybridized carbons (Fsp3) is 0.500. The maximum absolute atomic E-state index is 13.2. The van der Waals surface area contributed by atoms with E-state index in [9.17, 15) is 9.59 Å². The first kappa shape index (κ1) is 25.1. The Morgan fingerprint density at radius 2 is 1.70 bits per heavy atom. The van der Waals surface area contributed by atoms with Gasteiger partial charge in [0.25, 0.3) is 0 Å². The first-order valence-corrected chi connectivity index (χ1v) is 12.2. The van der Waals surface area contributed by atoms with E-state index >= 15 is 0 Å². The Hall–Kier alpha value is -2.50. The van der Waals surface area contributed by atoms with Gasteiger partial charge in [0, 0.05) is 37.2 Å². The number of hydrogen-bond donors (Lipinski definition) is 0. The molecule has 0 aromatic heterocycles. The van der Waals surface area contributed by atoms with Crippen molar-refractivity contribution in [2.24, 2.45) is 0 Å². The molecule has 0 bridgehead atoms. The second kappa shape index (κ2) is 11.6. The van der Waals surface area contributed by atoms with Gasteiger partial charge in [-0.15, -0.1) is 0 Å². The van der Waals surface area contributed by atoms with Crippen LogP contribution < -0.4 is 4.74 Å². The molecule has 0 unspecified atom stereocenters. The number of hydrogen-bond acceptors (Lipinski definition) is 5. The third-order valence-corrected chi connectivity index (χ3v) is 6.49. The molecule has 1 atom stereocenters. The predicted molar refractivity (Wildman–Crippen MR) is 129 cm³/mol. The number of carbonyl (C=O) groups is 2. The van der Waals surface area contributed by atoms with Crippen molar-refractivity contribution in [3.8, 4) is 5.75 Å². The average Bonchev–Trinajstić information content (AvgIpc) is 3.23. The molecule has 0 spiro atoms. The average molecular weight is 453 g/mol. The molecule has 2 aromatic rings. The molecule has 5 nitrogen and oxygen atoms in total. The van der Waals surface area contributed by atoms with Crippen LogP contribution in [-0.4, -0.2) is 37.7 Å². The molecule has 0 saturated heterocycles. The lowest BCUT2D eigenvalue weighted by Gasteiger charge is -2.27. The van der Waals surface area contributed by atoms with E-state index in [1.807, 2.05) is 45.0 Å². The van der Waals surface area contributed by atoms with Gasteiger partial charge in [-0.3, -0.25) is 9.59 Å². The highest BCUT2D eigenvalue weighted by Gasteiger charge is 2.43. The van der Waals surface area contributed by atoms with Gasteiger partial charge in [-0.25, -0.2) is 0 Å². The monoisotopic (exact) mass is 452 g/mol. The van der Waals surface area contributed by atoms with E-state index in [4.69, 9.17) is 14.2 Å². The molecule has 0 amide bonds. The van der Waals surface area contributed by atoms with Crippen LogP contribution in [0.25, 0.3) is 0 Å². The van der Waals surface area contributed by atoms with Crippen molar-refractivity contribution in [3.63, 3.8) is 0 Å². The first-order chi connectivity index (χ1) is 16.0. The van der Waals surface area contributed by atoms with Crippen molar-refractivity contribution in [2.75, 3.05) is 19.8 Å². The van der Waals surface area contributed by atoms with Crippen LogP contribution in [0.5, 0.6) is 5.75 Å². The second-order valence-corrected chi connectivity index (χ2v) is 8.42. The summed E-state index contributed by atoms with van der Waals surface area (Å²) < 4.78 is 17.3. The molecule has 178 valence electrons. The van der Waals surface area contributed by atoms with E-state index in [1.165, 1.54) is 0 Å². The van der Waals surface area contributed by atoms with Crippen molar-refractivity contribution in [3.05, 3.63) is 64.7 Å². The van der Waals surface area contributed by atoms with E-state index in [1.54, 1.807) is 6.07 Å². The van der Waals surface area contributed by atoms with Gasteiger partial charge >= 0.3 is 0 Å². The minimum atomic E-state index is -0.370. The number of ether oxygens (including phenoxy) is 3. The Morgan fingerprint density at radius 1 is 1.00 bits per heavy atom. The van der Waals surface area contributed by atoms with Crippen molar-refractivity contribution >= 4 is 11.6 Å². The van der Waals surface area contributed by atoms with Gasteiger partial charge < -0.3 is 14.2 Å². The molecule has 0 saturated carbocycles. The highest BCUT2D eigenvalue weighted by atomic mass is 16.7. The van der Waals surface area contributed by atoms with Gasteiger partial charge in [-0.1, -0.05) is 44.2 Å². The molecule has 0 aliphatic carbocycles. The molecule has 1 aliphatic heterocycles. The molecule has 1 aliphatic rings. The van der Waals surface area contributed by atoms with Gasteiger partial charge in [0.1, 0.15) is 12.4 Å². The fourth-order valence-electron chi connectivity index (χ4n) is 4.62. The van der Waals surface area contributed by atoms with Crippen molar-refractivity contribution in [1.29, 1.82) is 0 Å². The van der Waals surface area contributed by atoms with E-state index in [0.717, 1.165) is 17.5 Å². The Balaban J connectivity index is 1.93. The normalized spacial score (nSPS) is 17.1. The molecule has 0 N–H and O–H groups in total. The Bertz CT molecular complexity index is 946. The Labute approximate surface area is 197 Å². The molecule has 2 aromatic carbocycles. The van der Waals surface area contributed by atoms with Crippen LogP contribution >= 0.6 is 0 Å². The molecule has 1 heterocycles. The molecule has 5 heteroatoms. The number of rotatable bonds is 13. The van der Waals surface area contributed by atoms with Gasteiger partial charge in [0.05, 0.1) is 11.0 Å². The zero-order valence-corrected chi connectivity index (χ0v) is 20.3. The largest absolute Gasteiger partial charge is 0.491 e. The second-order valence-electron chi connectivity index (χ2n) is 8.42. The van der Waals surface area contributed by atoms with Crippen LogP contribution in [-0.2, 0) is 14.9 Å². The SMILES string of the molecule is CCOC(CCCC(=O)c1cc(C(=O)CC)c2c(c1)[C@](CC)(c1ccccc1)CO2)OCC. The maximum atomic E-state index is 13.2. The van der Waals surface area contributed by atoms with Gasteiger partial charge in [0.15, 0.2) is 17.9 Å². The summed E-state index contributed by atoms with van der Waals surface area (Å²) in [5, 5.41) is 0. The number of fused-ring (bicyclic) bond motifs is 1. The third-order valence-electron chi connectivity index (χ3n) is 6.49. The summed E-state index contributed by atoms with van der Waals surface area (Å²) in [6.45, 7) is 9.45. The minimum absolute atomic E-state index is 0.00591. The molecular formula is C28H36O5. The Kier molecular flexibility index (Phi) is 8.81. The van der Waals surface area contributed by atoms with Gasteiger partial charge in [-0.2, -0.15) is 0 Å². The summed E-state index contributed by atoms with van der Waals surface area (Å²) in [5.74, 6) is 0.658. The summed E-state index contributed by atoms with van der Waals surface area (Å²) in [5.41, 5.74) is 2.81. The number of ketones is 2. The zero-order valence-electron chi connectivity index (χ0n) is 20.3. The topological polar surface area (TPSA) is 61.8 Å². The molecule has 33 heavy (non-hydrogen) atoms. The third kappa shape index (κ3) is 5.36. The highest BCUT2D eigenvalue weighted by Crippen LogP contribution is 2.48. The lowest BCUT2D eigenvalue weighted by molar-refractivity contribution is -0.139. The first-order valence-electron chi connectivity index (χ1n) is 12.2. The van der Waals surface area contributed by atoms with E-state index in [0.29, 0.717) is 62.4 Å². The molecule has 3 rings (SSSR count). The molecular weight excluding hydrogens is 416 g/mol. The fourth-order valence-corrected chi connectivity index (χ4v) is 4.62. The van der Waals surface area contributed by atoms with Gasteiger partial charge in [0.2, 0.25) is 0 Å². The van der Waals surface area contributed by atoms with Crippen molar-refractivity contribution in [2.45, 2.75) is 71.5 Å². The lowest BCUT2D eigenvalue weighted by Crippen LogP contribution is -2.28. The zero-order chi connectivity index (χ0) is 23.8. The number of benzene rings is 2. The molecule has 0 radical (unpaired) electrons. The summed E-state index contributed by atoms with van der Waals surface area (Å²) in [4.78, 5) is 26.0. The summed E-state index contributed by atoms with van der Waals surface area (Å²) in [6, 6.07) is 13.9. The minimum Gasteiger partial charge on any atom is -0.491 e. The summed E-state index contributed by atoms with van der Waals surface area (Å²) in [6.07, 6.45) is 2.58. The van der Waals surface area contributed by atoms with Crippen LogP contribution in [0.3, 0.4) is 0 Å². The van der Waals surface area contributed by atoms with Crippen LogP contribution in [0.15, 0.2) is 42.5 Å². The standard InChI is InChI=1S/C28H36O5/c1-5-24(29)22-17-20(25(30)15-12-16-26(31-7-3)32-8-4)18-23-27(22)33-19-28(23,6-2)21-13-10-9-11-14-21/h9-11,13-14,17-18,26H,5-8,12,15-16,19H2,1-4H3/t28-/m0/s1. The van der Waals surface area contributed by atoms with Crippen LogP contribution in [0, 0.1) is 0 Å². The van der Waals surface area contributed by atoms with Crippen molar-refractivity contribution < 1.29 is 23.8 Å². The highest BCUT2D eigenvalue weighted by molar-refractivity contribution is 6.04. The predicted octanol–water partition coefficient (Wildman–Crippen LogP) is 6.12. The van der Waals surface area contributed by atoms with E-state index in [-0.39, 0.29) is 23.3 Å². The quantitative estimate of drug-likeness (QED) is 0.271. The summed E-state index contributed by atoms with van der Waals surface area (Å²) >= 11 is 0. The van der Waals surface area contributed by atoms with Crippen LogP contribution in [0.4, 0.5) is 0 Å². The number of Topliss-reactive ketones (excluding diaryl/α,β-unsaturated/α-hetero) is 2. The smallest absolute Gasteiger partial charge is 0.166 e. The van der Waals surface area contributed by atoms with Gasteiger partial charge in [-0.05, 0) is 50.8 Å². The Morgan fingerprint density at radius 3 is 2.30 bits per heavy atom. The van der Waals surface area contributed by atoms with E-state index in [2.05, 4.69) is 19.1 Å². The lowest BCUT2D eigenvalue weighted by atomic mass is 9.73. The van der Waals surface area contributed by atoms with Crippen LogP contribution in [0.2, 0.25) is 0 Å². The van der Waals surface area contributed by atoms with Crippen molar-refractivity contribution in [1.82, 2.24) is 0 Å². The molecule has 0 fully saturated rings. The van der Waals surface area contributed by atoms with E-state index < -0.39 is 0 Å². The summed E-state index contributed by atoms with van der Waals surface area (Å²) in [7, 11) is 0.